The maximum Gasteiger partial charge on any atom is 0.216 e. The molecule has 0 aliphatic carbocycles. The summed E-state index contributed by atoms with van der Waals surface area (Å²) in [6.07, 6.45) is 1.69. The number of ether oxygens (including phenoxy) is 1. The van der Waals surface area contributed by atoms with Crippen LogP contribution in [0, 0.1) is 6.92 Å². The lowest BCUT2D eigenvalue weighted by Crippen LogP contribution is -2.01. The van der Waals surface area contributed by atoms with Gasteiger partial charge in [-0.1, -0.05) is 12.1 Å². The Hall–Kier alpha value is -2.76. The molecule has 2 aromatic heterocycles. The normalized spacial score (nSPS) is 10.7. The van der Waals surface area contributed by atoms with Gasteiger partial charge >= 0.3 is 0 Å². The van der Waals surface area contributed by atoms with Crippen LogP contribution in [0.1, 0.15) is 12.7 Å². The third kappa shape index (κ3) is 2.55. The standard InChI is InChI=1S/C16H17N5O/c1-4-22-13-8-9-18-15(21-13)11-6-5-7-12-14(11)16(17-3)20-10(2)19-12/h5-9H,4H2,1-3H3,(H,17,19,20). The van der Waals surface area contributed by atoms with E-state index < -0.39 is 0 Å². The number of hydrogen-bond donors (Lipinski definition) is 1. The Morgan fingerprint density at radius 2 is 2.00 bits per heavy atom. The van der Waals surface area contributed by atoms with E-state index in [9.17, 15) is 0 Å². The number of aromatic nitrogens is 4. The van der Waals surface area contributed by atoms with E-state index in [0.717, 1.165) is 28.1 Å². The van der Waals surface area contributed by atoms with Crippen molar-refractivity contribution in [3.05, 3.63) is 36.3 Å². The third-order valence-corrected chi connectivity index (χ3v) is 3.24. The second-order valence-electron chi connectivity index (χ2n) is 4.72. The Labute approximate surface area is 128 Å². The molecule has 3 aromatic rings. The molecule has 0 radical (unpaired) electrons. The van der Waals surface area contributed by atoms with Gasteiger partial charge in [0, 0.05) is 24.9 Å². The maximum atomic E-state index is 5.46. The Morgan fingerprint density at radius 3 is 2.77 bits per heavy atom. The van der Waals surface area contributed by atoms with Gasteiger partial charge in [0.15, 0.2) is 5.82 Å². The fourth-order valence-electron chi connectivity index (χ4n) is 2.37. The van der Waals surface area contributed by atoms with E-state index in [-0.39, 0.29) is 0 Å². The second-order valence-corrected chi connectivity index (χ2v) is 4.72. The zero-order chi connectivity index (χ0) is 15.5. The molecule has 3 rings (SSSR count). The van der Waals surface area contributed by atoms with E-state index in [4.69, 9.17) is 4.74 Å². The van der Waals surface area contributed by atoms with Crippen LogP contribution in [0.2, 0.25) is 0 Å². The maximum absolute atomic E-state index is 5.46. The molecule has 0 unspecified atom stereocenters. The van der Waals surface area contributed by atoms with Crippen LogP contribution in [0.5, 0.6) is 5.88 Å². The Morgan fingerprint density at radius 1 is 1.14 bits per heavy atom. The van der Waals surface area contributed by atoms with Gasteiger partial charge in [-0.3, -0.25) is 0 Å². The van der Waals surface area contributed by atoms with E-state index in [2.05, 4.69) is 25.3 Å². The third-order valence-electron chi connectivity index (χ3n) is 3.24. The van der Waals surface area contributed by atoms with Crippen LogP contribution >= 0.6 is 0 Å². The average Bonchev–Trinajstić information content (AvgIpc) is 2.54. The molecule has 0 aliphatic rings. The van der Waals surface area contributed by atoms with E-state index in [1.54, 1.807) is 12.3 Å². The van der Waals surface area contributed by atoms with Crippen LogP contribution in [0.4, 0.5) is 5.82 Å². The van der Waals surface area contributed by atoms with Gasteiger partial charge in [0.2, 0.25) is 5.88 Å². The molecule has 6 nitrogen and oxygen atoms in total. The molecule has 1 aromatic carbocycles. The topological polar surface area (TPSA) is 72.8 Å². The zero-order valence-corrected chi connectivity index (χ0v) is 12.8. The number of rotatable bonds is 4. The number of anilines is 1. The van der Waals surface area contributed by atoms with E-state index in [0.29, 0.717) is 18.3 Å². The van der Waals surface area contributed by atoms with Crippen molar-refractivity contribution in [3.63, 3.8) is 0 Å². The quantitative estimate of drug-likeness (QED) is 0.798. The largest absolute Gasteiger partial charge is 0.478 e. The molecule has 0 saturated carbocycles. The zero-order valence-electron chi connectivity index (χ0n) is 12.8. The Balaban J connectivity index is 2.24. The summed E-state index contributed by atoms with van der Waals surface area (Å²) in [5, 5.41) is 4.03. The van der Waals surface area contributed by atoms with Crippen molar-refractivity contribution in [2.45, 2.75) is 13.8 Å². The van der Waals surface area contributed by atoms with Crippen LogP contribution in [-0.4, -0.2) is 33.6 Å². The van der Waals surface area contributed by atoms with Crippen molar-refractivity contribution in [1.29, 1.82) is 0 Å². The van der Waals surface area contributed by atoms with Gasteiger partial charge < -0.3 is 10.1 Å². The predicted octanol–water partition coefficient (Wildman–Crippen LogP) is 2.84. The lowest BCUT2D eigenvalue weighted by molar-refractivity contribution is 0.326. The van der Waals surface area contributed by atoms with Gasteiger partial charge in [-0.2, -0.15) is 4.98 Å². The summed E-state index contributed by atoms with van der Waals surface area (Å²) in [6, 6.07) is 7.62. The lowest BCUT2D eigenvalue weighted by Gasteiger charge is -2.11. The van der Waals surface area contributed by atoms with Crippen molar-refractivity contribution in [3.8, 4) is 17.3 Å². The SMILES string of the molecule is CCOc1ccnc(-c2cccc3nc(C)nc(NC)c23)n1. The Kier molecular flexibility index (Phi) is 3.82. The number of fused-ring (bicyclic) bond motifs is 1. The highest BCUT2D eigenvalue weighted by Crippen LogP contribution is 2.30. The highest BCUT2D eigenvalue weighted by Gasteiger charge is 2.13. The van der Waals surface area contributed by atoms with E-state index >= 15 is 0 Å². The number of nitrogens with zero attached hydrogens (tertiary/aromatic N) is 4. The number of nitrogens with one attached hydrogen (secondary N) is 1. The molecule has 0 spiro atoms. The van der Waals surface area contributed by atoms with Gasteiger partial charge in [-0.05, 0) is 19.9 Å². The monoisotopic (exact) mass is 295 g/mol. The summed E-state index contributed by atoms with van der Waals surface area (Å²) in [4.78, 5) is 17.8. The minimum Gasteiger partial charge on any atom is -0.478 e. The first-order valence-electron chi connectivity index (χ1n) is 7.14. The molecule has 0 fully saturated rings. The summed E-state index contributed by atoms with van der Waals surface area (Å²) in [5.74, 6) is 2.64. The first kappa shape index (κ1) is 14.2. The van der Waals surface area contributed by atoms with Gasteiger partial charge in [0.25, 0.3) is 0 Å². The molecule has 112 valence electrons. The number of benzene rings is 1. The molecule has 0 amide bonds. The minimum absolute atomic E-state index is 0.559. The van der Waals surface area contributed by atoms with Crippen molar-refractivity contribution in [1.82, 2.24) is 19.9 Å². The first-order valence-corrected chi connectivity index (χ1v) is 7.14. The van der Waals surface area contributed by atoms with E-state index in [1.165, 1.54) is 0 Å². The fraction of sp³-hybridized carbons (Fsp3) is 0.250. The highest BCUT2D eigenvalue weighted by atomic mass is 16.5. The van der Waals surface area contributed by atoms with Crippen molar-refractivity contribution in [2.75, 3.05) is 19.0 Å². The molecule has 2 heterocycles. The molecule has 0 bridgehead atoms. The molecule has 0 aliphatic heterocycles. The molecule has 1 N–H and O–H groups in total. The minimum atomic E-state index is 0.559. The van der Waals surface area contributed by atoms with Crippen molar-refractivity contribution >= 4 is 16.7 Å². The predicted molar refractivity (Wildman–Crippen MR) is 86.0 cm³/mol. The van der Waals surface area contributed by atoms with Crippen LogP contribution in [0.15, 0.2) is 30.5 Å². The molecule has 0 atom stereocenters. The van der Waals surface area contributed by atoms with Gasteiger partial charge in [-0.15, -0.1) is 0 Å². The molecule has 0 saturated heterocycles. The average molecular weight is 295 g/mol. The lowest BCUT2D eigenvalue weighted by atomic mass is 10.1. The number of hydrogen-bond acceptors (Lipinski definition) is 6. The Bertz CT molecular complexity index is 819. The van der Waals surface area contributed by atoms with Crippen LogP contribution < -0.4 is 10.1 Å². The first-order chi connectivity index (χ1) is 10.7. The summed E-state index contributed by atoms with van der Waals surface area (Å²) in [7, 11) is 1.84. The van der Waals surface area contributed by atoms with Crippen molar-refractivity contribution < 1.29 is 4.74 Å². The van der Waals surface area contributed by atoms with Crippen LogP contribution in [0.25, 0.3) is 22.3 Å². The second kappa shape index (κ2) is 5.93. The van der Waals surface area contributed by atoms with Crippen molar-refractivity contribution in [2.24, 2.45) is 0 Å². The molecule has 22 heavy (non-hydrogen) atoms. The summed E-state index contributed by atoms with van der Waals surface area (Å²) < 4.78 is 5.46. The highest BCUT2D eigenvalue weighted by molar-refractivity contribution is 6.00. The molecular weight excluding hydrogens is 278 g/mol. The summed E-state index contributed by atoms with van der Waals surface area (Å²) >= 11 is 0. The van der Waals surface area contributed by atoms with Gasteiger partial charge in [0.05, 0.1) is 17.5 Å². The summed E-state index contributed by atoms with van der Waals surface area (Å²) in [6.45, 7) is 4.37. The fourth-order valence-corrected chi connectivity index (χ4v) is 2.37. The smallest absolute Gasteiger partial charge is 0.216 e. The van der Waals surface area contributed by atoms with Gasteiger partial charge in [0.1, 0.15) is 11.6 Å². The van der Waals surface area contributed by atoms with Gasteiger partial charge in [-0.25, -0.2) is 15.0 Å². The van der Waals surface area contributed by atoms with E-state index in [1.807, 2.05) is 39.1 Å². The van der Waals surface area contributed by atoms with Crippen LogP contribution in [-0.2, 0) is 0 Å². The molecular formula is C16H17N5O. The molecule has 6 heteroatoms. The number of aryl methyl sites for hydroxylation is 1. The van der Waals surface area contributed by atoms with Crippen LogP contribution in [0.3, 0.4) is 0 Å². The summed E-state index contributed by atoms with van der Waals surface area (Å²) in [5.41, 5.74) is 1.74.